The second-order valence-electron chi connectivity index (χ2n) is 3.55. The van der Waals surface area contributed by atoms with Gasteiger partial charge in [0.25, 0.3) is 0 Å². The van der Waals surface area contributed by atoms with E-state index in [1.807, 2.05) is 6.20 Å². The molecule has 3 rings (SSSR count). The topological polar surface area (TPSA) is 25.8 Å². The van der Waals surface area contributed by atoms with Crippen molar-refractivity contribution in [3.05, 3.63) is 47.9 Å². The molecule has 0 amide bonds. The molecule has 2 nitrogen and oxygen atoms in total. The fourth-order valence-corrected chi connectivity index (χ4v) is 2.02. The van der Waals surface area contributed by atoms with Gasteiger partial charge in [0.05, 0.1) is 5.69 Å². The van der Waals surface area contributed by atoms with Crippen LogP contribution >= 0.6 is 0 Å². The van der Waals surface area contributed by atoms with Crippen molar-refractivity contribution in [2.24, 2.45) is 0 Å². The molecule has 1 aromatic carbocycles. The van der Waals surface area contributed by atoms with Gasteiger partial charge in [-0.3, -0.25) is 0 Å². The SMILES string of the molecule is c1ccc2c(c1)CCc1cncnc1-2. The Morgan fingerprint density at radius 1 is 1.00 bits per heavy atom. The van der Waals surface area contributed by atoms with Gasteiger partial charge in [-0.05, 0) is 24.0 Å². The van der Waals surface area contributed by atoms with Gasteiger partial charge < -0.3 is 0 Å². The zero-order valence-electron chi connectivity index (χ0n) is 7.77. The highest BCUT2D eigenvalue weighted by atomic mass is 14.8. The molecule has 0 saturated heterocycles. The third kappa shape index (κ3) is 1.04. The molecular formula is C12H10N2. The van der Waals surface area contributed by atoms with Crippen molar-refractivity contribution < 1.29 is 0 Å². The van der Waals surface area contributed by atoms with E-state index in [4.69, 9.17) is 0 Å². The second-order valence-corrected chi connectivity index (χ2v) is 3.55. The maximum absolute atomic E-state index is 4.35. The maximum Gasteiger partial charge on any atom is 0.116 e. The summed E-state index contributed by atoms with van der Waals surface area (Å²) in [4.78, 5) is 8.41. The summed E-state index contributed by atoms with van der Waals surface area (Å²) in [6, 6.07) is 8.47. The average molecular weight is 182 g/mol. The number of benzene rings is 1. The van der Waals surface area contributed by atoms with Gasteiger partial charge in [-0.2, -0.15) is 0 Å². The summed E-state index contributed by atoms with van der Waals surface area (Å²) in [6.45, 7) is 0. The first-order valence-electron chi connectivity index (χ1n) is 4.82. The van der Waals surface area contributed by atoms with E-state index in [-0.39, 0.29) is 0 Å². The molecule has 0 fully saturated rings. The van der Waals surface area contributed by atoms with Crippen LogP contribution in [-0.4, -0.2) is 9.97 Å². The van der Waals surface area contributed by atoms with E-state index in [1.165, 1.54) is 16.7 Å². The molecule has 0 spiro atoms. The summed E-state index contributed by atoms with van der Waals surface area (Å²) in [5, 5.41) is 0. The zero-order chi connectivity index (χ0) is 9.38. The molecule has 2 heteroatoms. The molecule has 0 saturated carbocycles. The van der Waals surface area contributed by atoms with Gasteiger partial charge in [-0.1, -0.05) is 24.3 Å². The van der Waals surface area contributed by atoms with E-state index in [9.17, 15) is 0 Å². The summed E-state index contributed by atoms with van der Waals surface area (Å²) in [5.41, 5.74) is 5.06. The van der Waals surface area contributed by atoms with Crippen LogP contribution in [0.15, 0.2) is 36.8 Å². The number of aryl methyl sites for hydroxylation is 2. The highest BCUT2D eigenvalue weighted by Gasteiger charge is 2.15. The van der Waals surface area contributed by atoms with Crippen LogP contribution in [0, 0.1) is 0 Å². The molecule has 0 atom stereocenters. The number of hydrogen-bond acceptors (Lipinski definition) is 2. The predicted octanol–water partition coefficient (Wildman–Crippen LogP) is 2.24. The largest absolute Gasteiger partial charge is 0.244 e. The van der Waals surface area contributed by atoms with Gasteiger partial charge in [0.1, 0.15) is 6.33 Å². The van der Waals surface area contributed by atoms with Crippen LogP contribution in [0.1, 0.15) is 11.1 Å². The Morgan fingerprint density at radius 3 is 2.86 bits per heavy atom. The summed E-state index contributed by atoms with van der Waals surface area (Å²) < 4.78 is 0. The Bertz CT molecular complexity index is 432. The van der Waals surface area contributed by atoms with Crippen LogP contribution in [0.2, 0.25) is 0 Å². The van der Waals surface area contributed by atoms with Gasteiger partial charge in [0.2, 0.25) is 0 Å². The molecule has 0 bridgehead atoms. The Labute approximate surface area is 82.7 Å². The number of aromatic nitrogens is 2. The standard InChI is InChI=1S/C12H10N2/c1-2-4-11-9(3-1)5-6-10-7-13-8-14-12(10)11/h1-4,7-8H,5-6H2. The van der Waals surface area contributed by atoms with Gasteiger partial charge >= 0.3 is 0 Å². The number of nitrogens with zero attached hydrogens (tertiary/aromatic N) is 2. The van der Waals surface area contributed by atoms with Crippen molar-refractivity contribution in [1.29, 1.82) is 0 Å². The molecule has 1 aliphatic rings. The Hall–Kier alpha value is -1.70. The number of hydrogen-bond donors (Lipinski definition) is 0. The average Bonchev–Trinajstić information content (AvgIpc) is 2.29. The normalized spacial score (nSPS) is 13.1. The number of fused-ring (bicyclic) bond motifs is 3. The van der Waals surface area contributed by atoms with E-state index < -0.39 is 0 Å². The fraction of sp³-hybridized carbons (Fsp3) is 0.167. The first-order chi connectivity index (χ1) is 6.95. The van der Waals surface area contributed by atoms with Crippen LogP contribution in [0.4, 0.5) is 0 Å². The van der Waals surface area contributed by atoms with Crippen molar-refractivity contribution >= 4 is 0 Å². The Balaban J connectivity index is 2.29. The Morgan fingerprint density at radius 2 is 1.86 bits per heavy atom. The van der Waals surface area contributed by atoms with Crippen molar-refractivity contribution in [3.63, 3.8) is 0 Å². The first-order valence-corrected chi connectivity index (χ1v) is 4.82. The summed E-state index contributed by atoms with van der Waals surface area (Å²) in [5.74, 6) is 0. The van der Waals surface area contributed by atoms with Crippen LogP contribution in [0.5, 0.6) is 0 Å². The minimum absolute atomic E-state index is 1.06. The maximum atomic E-state index is 4.35. The molecule has 0 radical (unpaired) electrons. The molecule has 0 unspecified atom stereocenters. The van der Waals surface area contributed by atoms with Crippen molar-refractivity contribution in [3.8, 4) is 11.3 Å². The highest BCUT2D eigenvalue weighted by Crippen LogP contribution is 2.30. The van der Waals surface area contributed by atoms with E-state index in [2.05, 4.69) is 34.2 Å². The molecule has 14 heavy (non-hydrogen) atoms. The van der Waals surface area contributed by atoms with E-state index in [0.717, 1.165) is 18.5 Å². The lowest BCUT2D eigenvalue weighted by Crippen LogP contribution is -2.05. The number of rotatable bonds is 0. The highest BCUT2D eigenvalue weighted by molar-refractivity contribution is 5.68. The van der Waals surface area contributed by atoms with Crippen molar-refractivity contribution in [2.45, 2.75) is 12.8 Å². The predicted molar refractivity (Wildman–Crippen MR) is 54.9 cm³/mol. The van der Waals surface area contributed by atoms with Crippen molar-refractivity contribution in [1.82, 2.24) is 9.97 Å². The monoisotopic (exact) mass is 182 g/mol. The molecule has 0 N–H and O–H groups in total. The van der Waals surface area contributed by atoms with Crippen LogP contribution in [-0.2, 0) is 12.8 Å². The lowest BCUT2D eigenvalue weighted by molar-refractivity contribution is 0.910. The summed E-state index contributed by atoms with van der Waals surface area (Å²) in [6.07, 6.45) is 5.73. The minimum Gasteiger partial charge on any atom is -0.244 e. The van der Waals surface area contributed by atoms with Gasteiger partial charge in [-0.25, -0.2) is 9.97 Å². The molecule has 68 valence electrons. The quantitative estimate of drug-likeness (QED) is 0.624. The molecule has 1 aromatic heterocycles. The fourth-order valence-electron chi connectivity index (χ4n) is 2.02. The van der Waals surface area contributed by atoms with Gasteiger partial charge in [-0.15, -0.1) is 0 Å². The van der Waals surface area contributed by atoms with E-state index in [0.29, 0.717) is 0 Å². The Kier molecular flexibility index (Phi) is 1.60. The van der Waals surface area contributed by atoms with E-state index >= 15 is 0 Å². The first kappa shape index (κ1) is 7.68. The van der Waals surface area contributed by atoms with Crippen LogP contribution in [0.3, 0.4) is 0 Å². The van der Waals surface area contributed by atoms with E-state index in [1.54, 1.807) is 6.33 Å². The molecule has 2 aromatic rings. The van der Waals surface area contributed by atoms with Gasteiger partial charge in [0, 0.05) is 11.8 Å². The zero-order valence-corrected chi connectivity index (χ0v) is 7.77. The van der Waals surface area contributed by atoms with Crippen LogP contribution in [0.25, 0.3) is 11.3 Å². The van der Waals surface area contributed by atoms with Crippen molar-refractivity contribution in [2.75, 3.05) is 0 Å². The minimum atomic E-state index is 1.06. The lowest BCUT2D eigenvalue weighted by Gasteiger charge is -2.17. The molecular weight excluding hydrogens is 172 g/mol. The molecule has 1 aliphatic carbocycles. The summed E-state index contributed by atoms with van der Waals surface area (Å²) >= 11 is 0. The van der Waals surface area contributed by atoms with Gasteiger partial charge in [0.15, 0.2) is 0 Å². The molecule has 0 aliphatic heterocycles. The third-order valence-electron chi connectivity index (χ3n) is 2.72. The molecule has 1 heterocycles. The summed E-state index contributed by atoms with van der Waals surface area (Å²) in [7, 11) is 0. The smallest absolute Gasteiger partial charge is 0.116 e. The second kappa shape index (κ2) is 2.91. The lowest BCUT2D eigenvalue weighted by atomic mass is 9.90. The third-order valence-corrected chi connectivity index (χ3v) is 2.72. The van der Waals surface area contributed by atoms with Crippen LogP contribution < -0.4 is 0 Å².